The zero-order chi connectivity index (χ0) is 49.5. The molecule has 4 nitrogen and oxygen atoms in total. The predicted octanol–water partition coefficient (Wildman–Crippen LogP) is 14.0. The van der Waals surface area contributed by atoms with Crippen molar-refractivity contribution in [2.24, 2.45) is 0 Å². The summed E-state index contributed by atoms with van der Waals surface area (Å²) in [5.74, 6) is -6.70. The highest BCUT2D eigenvalue weighted by molar-refractivity contribution is 7.12. The van der Waals surface area contributed by atoms with Gasteiger partial charge in [0.2, 0.25) is 0 Å². The minimum Gasteiger partial charge on any atom is -0.288 e. The molecule has 0 saturated carbocycles. The van der Waals surface area contributed by atoms with E-state index in [0.717, 1.165) is 68.8 Å². The summed E-state index contributed by atoms with van der Waals surface area (Å²) in [5.41, 5.74) is 9.64. The van der Waals surface area contributed by atoms with E-state index in [9.17, 15) is 36.7 Å². The van der Waals surface area contributed by atoms with Crippen LogP contribution in [0.1, 0.15) is 216 Å². The second-order valence-corrected chi connectivity index (χ2v) is 22.4. The Morgan fingerprint density at radius 2 is 0.618 bits per heavy atom. The summed E-state index contributed by atoms with van der Waals surface area (Å²) in [7, 11) is 0. The summed E-state index contributed by atoms with van der Waals surface area (Å²) in [4.78, 5) is 56.8. The van der Waals surface area contributed by atoms with Crippen LogP contribution in [0.4, 0.5) is 17.6 Å². The van der Waals surface area contributed by atoms with E-state index in [1.54, 1.807) is 0 Å². The molecule has 2 heterocycles. The van der Waals surface area contributed by atoms with Crippen molar-refractivity contribution < 1.29 is 36.7 Å². The first-order chi connectivity index (χ1) is 32.0. The maximum atomic E-state index is 14.6. The van der Waals surface area contributed by atoms with Gasteiger partial charge in [-0.3, -0.25) is 19.2 Å². The van der Waals surface area contributed by atoms with Crippen LogP contribution in [0.3, 0.4) is 0 Å². The molecule has 0 fully saturated rings. The Hall–Kier alpha value is -5.58. The van der Waals surface area contributed by atoms with Crippen molar-refractivity contribution in [1.29, 1.82) is 0 Å². The van der Waals surface area contributed by atoms with Crippen LogP contribution in [0.25, 0.3) is 11.1 Å². The van der Waals surface area contributed by atoms with Crippen LogP contribution in [0, 0.1) is 32.3 Å². The molecule has 0 unspecified atom stereocenters. The average molecular weight is 957 g/mol. The molecule has 10 heteroatoms. The van der Waals surface area contributed by atoms with Gasteiger partial charge in [-0.05, 0) is 140 Å². The molecule has 68 heavy (non-hydrogen) atoms. The van der Waals surface area contributed by atoms with Gasteiger partial charge < -0.3 is 0 Å². The van der Waals surface area contributed by atoms with E-state index in [2.05, 4.69) is 107 Å². The largest absolute Gasteiger partial charge is 0.288 e. The molecule has 6 aromatic rings. The fourth-order valence-electron chi connectivity index (χ4n) is 9.79. The minimum absolute atomic E-state index is 0.128. The molecule has 2 aliphatic carbocycles. The number of rotatable bonds is 10. The van der Waals surface area contributed by atoms with Crippen molar-refractivity contribution in [1.82, 2.24) is 0 Å². The molecule has 0 bridgehead atoms. The van der Waals surface area contributed by atoms with Gasteiger partial charge in [-0.2, -0.15) is 0 Å². The molecule has 0 aliphatic heterocycles. The number of halogens is 4. The van der Waals surface area contributed by atoms with Crippen LogP contribution in [-0.4, -0.2) is 23.1 Å². The lowest BCUT2D eigenvalue weighted by atomic mass is 9.82. The zero-order valence-electron chi connectivity index (χ0n) is 40.6. The van der Waals surface area contributed by atoms with Gasteiger partial charge in [0, 0.05) is 40.4 Å². The van der Waals surface area contributed by atoms with Crippen LogP contribution in [0.15, 0.2) is 60.7 Å². The van der Waals surface area contributed by atoms with E-state index < -0.39 is 46.4 Å². The molecule has 352 valence electrons. The molecule has 4 aromatic carbocycles. The molecular formula is C58H56F4O4S2. The van der Waals surface area contributed by atoms with Crippen LogP contribution >= 0.6 is 22.7 Å². The molecule has 8 rings (SSSR count). The van der Waals surface area contributed by atoms with Crippen LogP contribution in [0.5, 0.6) is 0 Å². The third-order valence-corrected chi connectivity index (χ3v) is 16.1. The van der Waals surface area contributed by atoms with Gasteiger partial charge in [0.1, 0.15) is 0 Å². The molecule has 0 atom stereocenters. The Labute approximate surface area is 403 Å². The maximum absolute atomic E-state index is 14.6. The summed E-state index contributed by atoms with van der Waals surface area (Å²) in [6.45, 7) is 25.9. The molecule has 2 aliphatic rings. The predicted molar refractivity (Wildman–Crippen MR) is 265 cm³/mol. The Kier molecular flexibility index (Phi) is 13.2. The summed E-state index contributed by atoms with van der Waals surface area (Å²) in [6.07, 6.45) is 0.777. The summed E-state index contributed by atoms with van der Waals surface area (Å²) in [6, 6.07) is 15.8. The number of carbonyl (C=O) groups excluding carboxylic acids is 4. The normalized spacial score (nSPS) is 14.5. The van der Waals surface area contributed by atoms with Crippen molar-refractivity contribution in [3.63, 3.8) is 0 Å². The number of hydrogen-bond donors (Lipinski definition) is 0. The van der Waals surface area contributed by atoms with Gasteiger partial charge in [-0.15, -0.1) is 22.7 Å². The number of thiophene rings is 2. The molecule has 0 amide bonds. The molecule has 0 N–H and O–H groups in total. The van der Waals surface area contributed by atoms with Gasteiger partial charge in [-0.25, -0.2) is 17.6 Å². The van der Waals surface area contributed by atoms with E-state index >= 15 is 0 Å². The lowest BCUT2D eigenvalue weighted by Gasteiger charge is -2.23. The first-order valence-electron chi connectivity index (χ1n) is 23.5. The second-order valence-electron chi connectivity index (χ2n) is 20.3. The minimum atomic E-state index is -1.23. The first kappa shape index (κ1) is 48.9. The van der Waals surface area contributed by atoms with Gasteiger partial charge in [0.15, 0.2) is 46.4 Å². The third-order valence-electron chi connectivity index (χ3n) is 13.6. The van der Waals surface area contributed by atoms with Crippen LogP contribution < -0.4 is 9.06 Å². The summed E-state index contributed by atoms with van der Waals surface area (Å²) in [5, 5.41) is 0. The molecule has 0 saturated heterocycles. The number of carbonyl (C=O) groups is 4. The number of benzene rings is 4. The zero-order valence-corrected chi connectivity index (χ0v) is 42.2. The molecule has 0 radical (unpaired) electrons. The monoisotopic (exact) mass is 956 g/mol. The maximum Gasteiger partial charge on any atom is 0.199 e. The highest BCUT2D eigenvalue weighted by Gasteiger charge is 2.37. The van der Waals surface area contributed by atoms with E-state index in [1.807, 2.05) is 12.1 Å². The Balaban J connectivity index is 1.54. The van der Waals surface area contributed by atoms with E-state index in [0.29, 0.717) is 31.0 Å². The van der Waals surface area contributed by atoms with Gasteiger partial charge in [-0.1, -0.05) is 107 Å². The van der Waals surface area contributed by atoms with E-state index in [-0.39, 0.29) is 68.9 Å². The first-order valence-corrected chi connectivity index (χ1v) is 25.1. The number of fused-ring (bicyclic) bond motifs is 2. The second kappa shape index (κ2) is 18.4. The standard InChI is InChI=1S/C58H56F4O4S2/c1-25(2)31-13-35(27(5)6)39(36(14-31)28(7)8)17-33-19-49(51-53(63)41-21-45(59)46(60)22-42(41)54(51)64)67-57(33)58-34(18-40-37(29(9)10)15-32(26(3)4)16-38(40)30(11)12)20-50(68-58)52-55(65)43-23-47(61)48(62)24-44(43)56(52)66/h13-16,19-30H,17-18H2,1-12H3/b58-57+. The Morgan fingerprint density at radius 3 is 0.838 bits per heavy atom. The van der Waals surface area contributed by atoms with Gasteiger partial charge in [0.05, 0.1) is 11.1 Å². The molecule has 2 aromatic heterocycles. The number of Topliss-reactive ketones (excluding diaryl/α,β-unsaturated/α-hetero) is 4. The van der Waals surface area contributed by atoms with Gasteiger partial charge >= 0.3 is 0 Å². The van der Waals surface area contributed by atoms with E-state index in [1.165, 1.54) is 33.8 Å². The van der Waals surface area contributed by atoms with Gasteiger partial charge in [0.25, 0.3) is 0 Å². The SMILES string of the molecule is CC(C)c1cc(C(C)C)c(Cc2cc(=C3C(=O)c4cc(F)c(F)cc4C3=O)s/c2=c2/sc(=C3C(=O)c4cc(F)c(F)cc4C3=O)cc2Cc2c(C(C)C)cc(C(C)C)cc2C(C)C)c(C(C)C)c1. The Morgan fingerprint density at radius 1 is 0.368 bits per heavy atom. The summed E-state index contributed by atoms with van der Waals surface area (Å²) >= 11 is 2.44. The molecule has 0 spiro atoms. The molecular weight excluding hydrogens is 901 g/mol. The van der Waals surface area contributed by atoms with Crippen molar-refractivity contribution in [3.05, 3.63) is 180 Å². The smallest absolute Gasteiger partial charge is 0.199 e. The topological polar surface area (TPSA) is 68.3 Å². The van der Waals surface area contributed by atoms with Crippen molar-refractivity contribution in [2.75, 3.05) is 0 Å². The lowest BCUT2D eigenvalue weighted by Crippen LogP contribution is -2.11. The lowest BCUT2D eigenvalue weighted by molar-refractivity contribution is 0.101. The third kappa shape index (κ3) is 8.50. The van der Waals surface area contributed by atoms with Crippen molar-refractivity contribution in [2.45, 2.75) is 131 Å². The van der Waals surface area contributed by atoms with Crippen LogP contribution in [-0.2, 0) is 12.8 Å². The van der Waals surface area contributed by atoms with Crippen molar-refractivity contribution in [3.8, 4) is 0 Å². The summed E-state index contributed by atoms with van der Waals surface area (Å²) < 4.78 is 60.6. The average Bonchev–Trinajstić information content (AvgIpc) is 3.98. The quantitative estimate of drug-likeness (QED) is 0.128. The van der Waals surface area contributed by atoms with Crippen molar-refractivity contribution >= 4 is 57.0 Å². The number of ketones is 4. The van der Waals surface area contributed by atoms with E-state index in [4.69, 9.17) is 0 Å². The Bertz CT molecular complexity index is 3010. The van der Waals surface area contributed by atoms with Crippen LogP contribution in [0.2, 0.25) is 0 Å². The fraction of sp³-hybridized carbons (Fsp3) is 0.345. The fourth-order valence-corrected chi connectivity index (χ4v) is 12.4. The number of hydrogen-bond acceptors (Lipinski definition) is 6. The highest BCUT2D eigenvalue weighted by atomic mass is 32.1. The highest BCUT2D eigenvalue weighted by Crippen LogP contribution is 2.38.